The summed E-state index contributed by atoms with van der Waals surface area (Å²) >= 11 is 0. The van der Waals surface area contributed by atoms with Crippen LogP contribution in [-0.4, -0.2) is 12.4 Å². The molecule has 1 atom stereocenters. The molecule has 0 aliphatic heterocycles. The van der Waals surface area contributed by atoms with Crippen molar-refractivity contribution in [1.82, 2.24) is 0 Å². The molecule has 0 saturated carbocycles. The fraction of sp³-hybridized carbons (Fsp3) is 0. The summed E-state index contributed by atoms with van der Waals surface area (Å²) in [5.74, 6) is 1.24. The van der Waals surface area contributed by atoms with Crippen molar-refractivity contribution in [2.24, 2.45) is 0 Å². The second kappa shape index (κ2) is 3.44. The average molecular weight is 117 g/mol. The van der Waals surface area contributed by atoms with Crippen LogP contribution < -0.4 is 0 Å². The Balaban J connectivity index is 4.12. The molecule has 0 aromatic carbocycles. The number of rotatable bonds is 0. The Kier molecular flexibility index (Phi) is 3.58. The topological polar surface area (TPSA) is 40.9 Å². The van der Waals surface area contributed by atoms with Gasteiger partial charge in [-0.05, 0) is 0 Å². The van der Waals surface area contributed by atoms with Gasteiger partial charge in [-0.1, -0.05) is 0 Å². The first-order chi connectivity index (χ1) is 2.77. The van der Waals surface area contributed by atoms with Gasteiger partial charge >= 0.3 is 39.5 Å². The van der Waals surface area contributed by atoms with E-state index in [0.29, 0.717) is 0 Å². The molecule has 0 rings (SSSR count). The van der Waals surface area contributed by atoms with Gasteiger partial charge in [-0.3, -0.25) is 0 Å². The Labute approximate surface area is 40.2 Å². The van der Waals surface area contributed by atoms with Gasteiger partial charge in [-0.2, -0.15) is 0 Å². The third-order valence-corrected chi connectivity index (χ3v) is 1.58. The van der Waals surface area contributed by atoms with E-state index in [2.05, 4.69) is 0 Å². The zero-order valence-electron chi connectivity index (χ0n) is 2.97. The maximum absolute atomic E-state index is 9.52. The first-order valence-electron chi connectivity index (χ1n) is 1.17. The SMILES string of the molecule is B#S(=N)B=[PH]=O. The van der Waals surface area contributed by atoms with Crippen molar-refractivity contribution in [2.45, 2.75) is 0 Å². The van der Waals surface area contributed by atoms with Crippen LogP contribution in [0.1, 0.15) is 0 Å². The summed E-state index contributed by atoms with van der Waals surface area (Å²) < 4.78 is 16.1. The van der Waals surface area contributed by atoms with Crippen LogP contribution in [-0.2, 0) is 14.3 Å². The van der Waals surface area contributed by atoms with Crippen molar-refractivity contribution in [2.75, 3.05) is 0 Å². The molecule has 0 aromatic heterocycles. The fourth-order valence-electron chi connectivity index (χ4n) is 0.0518. The number of nitrogens with one attached hydrogen (secondary N) is 1. The maximum atomic E-state index is 9.52. The van der Waals surface area contributed by atoms with Crippen molar-refractivity contribution in [1.29, 1.82) is 4.78 Å². The Morgan fingerprint density at radius 2 is 2.50 bits per heavy atom. The molecular weight excluding hydrogens is 115 g/mol. The van der Waals surface area contributed by atoms with Crippen LogP contribution >= 0.6 is 7.95 Å². The Hall–Kier alpha value is 0.250. The molecular formula is H2B2NOPS. The molecule has 1 unspecified atom stereocenters. The molecule has 0 saturated heterocycles. The number of hydrogen-bond donors (Lipinski definition) is 1. The van der Waals surface area contributed by atoms with Gasteiger partial charge in [0, 0.05) is 0 Å². The molecule has 2 nitrogen and oxygen atoms in total. The summed E-state index contributed by atoms with van der Waals surface area (Å²) in [6.07, 6.45) is 0. The van der Waals surface area contributed by atoms with Crippen LogP contribution in [0.4, 0.5) is 0 Å². The average Bonchev–Trinajstić information content (AvgIpc) is 1.35. The minimum absolute atomic E-state index is 0.537. The zero-order valence-corrected chi connectivity index (χ0v) is 4.79. The van der Waals surface area contributed by atoms with Crippen LogP contribution in [0.2, 0.25) is 0 Å². The van der Waals surface area contributed by atoms with Gasteiger partial charge in [0.05, 0.1) is 0 Å². The Morgan fingerprint density at radius 3 is 2.50 bits per heavy atom. The van der Waals surface area contributed by atoms with Gasteiger partial charge in [0.15, 0.2) is 0 Å². The fourth-order valence-corrected chi connectivity index (χ4v) is 0.467. The summed E-state index contributed by atoms with van der Waals surface area (Å²) in [5.41, 5.74) is 0. The van der Waals surface area contributed by atoms with Crippen LogP contribution in [0, 0.1) is 4.78 Å². The van der Waals surface area contributed by atoms with E-state index < -0.39 is 17.7 Å². The van der Waals surface area contributed by atoms with Gasteiger partial charge < -0.3 is 0 Å². The normalized spacial score (nSPS) is 7.67. The second-order valence-electron chi connectivity index (χ2n) is 0.607. The van der Waals surface area contributed by atoms with Gasteiger partial charge in [-0.25, -0.2) is 0 Å². The second-order valence-corrected chi connectivity index (χ2v) is 2.53. The zero-order chi connectivity index (χ0) is 4.99. The monoisotopic (exact) mass is 117 g/mol. The molecule has 0 fully saturated rings. The molecule has 0 heterocycles. The van der Waals surface area contributed by atoms with E-state index in [0.717, 1.165) is 0 Å². The van der Waals surface area contributed by atoms with E-state index in [9.17, 15) is 4.57 Å². The Morgan fingerprint density at radius 1 is 2.00 bits per heavy atom. The van der Waals surface area contributed by atoms with E-state index >= 15 is 0 Å². The third-order valence-electron chi connectivity index (χ3n) is 0.175. The molecule has 6 heavy (non-hydrogen) atoms. The molecule has 1 N–H and O–H groups in total. The van der Waals surface area contributed by atoms with Crippen molar-refractivity contribution in [3.8, 4) is 0 Å². The van der Waals surface area contributed by atoms with Gasteiger partial charge in [-0.15, -0.1) is 0 Å². The van der Waals surface area contributed by atoms with Gasteiger partial charge in [0.25, 0.3) is 0 Å². The van der Waals surface area contributed by atoms with Crippen molar-refractivity contribution >= 4 is 30.2 Å². The van der Waals surface area contributed by atoms with Crippen LogP contribution in [0.5, 0.6) is 0 Å². The molecule has 0 aromatic rings. The first kappa shape index (κ1) is 6.25. The summed E-state index contributed by atoms with van der Waals surface area (Å²) in [6.45, 7) is 4.85. The van der Waals surface area contributed by atoms with E-state index in [4.69, 9.17) is 11.3 Å². The quantitative estimate of drug-likeness (QED) is 0.352. The summed E-state index contributed by atoms with van der Waals surface area (Å²) in [5, 5.41) is 0. The molecule has 6 heteroatoms. The van der Waals surface area contributed by atoms with Crippen LogP contribution in [0.25, 0.3) is 0 Å². The molecule has 0 spiro atoms. The summed E-state index contributed by atoms with van der Waals surface area (Å²) in [7, 11) is -1.53. The summed E-state index contributed by atoms with van der Waals surface area (Å²) in [6, 6.07) is 0. The molecule has 0 aliphatic rings. The van der Waals surface area contributed by atoms with Crippen LogP contribution in [0.3, 0.4) is 0 Å². The van der Waals surface area contributed by atoms with Gasteiger partial charge in [0.1, 0.15) is 0 Å². The Bertz CT molecular complexity index is 185. The standard InChI is InChI=1S/B2H2NOPS/c1-6(3)2-5-4/h3,5H. The van der Waals surface area contributed by atoms with E-state index in [1.807, 2.05) is 0 Å². The molecule has 0 radical (unpaired) electrons. The van der Waals surface area contributed by atoms with Gasteiger partial charge in [0.2, 0.25) is 0 Å². The van der Waals surface area contributed by atoms with E-state index in [-0.39, 0.29) is 0 Å². The third kappa shape index (κ3) is 4.25. The first-order valence-corrected chi connectivity index (χ1v) is 3.50. The van der Waals surface area contributed by atoms with Crippen LogP contribution in [0.15, 0.2) is 0 Å². The van der Waals surface area contributed by atoms with Crippen molar-refractivity contribution in [3.05, 3.63) is 0 Å². The predicted octanol–water partition coefficient (Wildman–Crippen LogP) is 0.00877. The molecule has 30 valence electrons. The molecule has 0 bridgehead atoms. The van der Waals surface area contributed by atoms with E-state index in [1.165, 1.54) is 5.90 Å². The predicted molar refractivity (Wildman–Crippen MR) is 30.6 cm³/mol. The van der Waals surface area contributed by atoms with Crippen molar-refractivity contribution in [3.63, 3.8) is 0 Å². The van der Waals surface area contributed by atoms with E-state index in [1.54, 1.807) is 0 Å². The minimum atomic E-state index is -0.991. The molecule has 0 amide bonds. The number of hydrogen-bond acceptors (Lipinski definition) is 2. The summed E-state index contributed by atoms with van der Waals surface area (Å²) in [4.78, 5) is 0. The van der Waals surface area contributed by atoms with Crippen molar-refractivity contribution < 1.29 is 4.57 Å². The molecule has 0 aliphatic carbocycles.